The lowest BCUT2D eigenvalue weighted by molar-refractivity contribution is 0.102. The molecule has 4 nitrogen and oxygen atoms in total. The Bertz CT molecular complexity index is 768. The first kappa shape index (κ1) is 15.0. The molecule has 3 N–H and O–H groups in total. The van der Waals surface area contributed by atoms with Crippen LogP contribution in [0.5, 0.6) is 0 Å². The molecule has 106 valence electrons. The third-order valence-corrected chi connectivity index (χ3v) is 3.37. The number of rotatable bonds is 2. The molecular weight excluding hydrogens is 337 g/mol. The number of nitrogen functional groups attached to an aromatic ring is 1. The molecule has 0 heterocycles. The molecule has 6 heteroatoms. The van der Waals surface area contributed by atoms with E-state index in [0.29, 0.717) is 15.8 Å². The summed E-state index contributed by atoms with van der Waals surface area (Å²) in [5.41, 5.74) is 6.65. The Hall–Kier alpha value is -2.39. The third kappa shape index (κ3) is 3.20. The van der Waals surface area contributed by atoms with Gasteiger partial charge in [0.05, 0.1) is 16.8 Å². The molecule has 2 aromatic carbocycles. The maximum atomic E-state index is 14.0. The molecule has 2 rings (SSSR count). The normalized spacial score (nSPS) is 10.0. The predicted octanol–water partition coefficient (Wildman–Crippen LogP) is 3.60. The monoisotopic (exact) mass is 347 g/mol. The number of nitrogens with two attached hydrogens (primary N) is 1. The maximum Gasteiger partial charge on any atom is 0.258 e. The Labute approximate surface area is 129 Å². The second kappa shape index (κ2) is 5.94. The van der Waals surface area contributed by atoms with Crippen LogP contribution in [-0.2, 0) is 0 Å². The van der Waals surface area contributed by atoms with E-state index < -0.39 is 11.7 Å². The number of nitrogens with one attached hydrogen (secondary N) is 1. The first-order valence-corrected chi connectivity index (χ1v) is 6.78. The molecule has 0 unspecified atom stereocenters. The molecule has 21 heavy (non-hydrogen) atoms. The average molecular weight is 348 g/mol. The first-order chi connectivity index (χ1) is 9.92. The second-order valence-corrected chi connectivity index (χ2v) is 5.37. The van der Waals surface area contributed by atoms with Gasteiger partial charge in [0.1, 0.15) is 11.9 Å². The molecule has 0 saturated heterocycles. The van der Waals surface area contributed by atoms with Crippen molar-refractivity contribution in [3.8, 4) is 6.07 Å². The SMILES string of the molecule is Cc1cc(N)cc(C(=O)Nc2ccc(Br)cc2C#N)c1F. The molecule has 1 amide bonds. The Balaban J connectivity index is 2.38. The molecule has 0 aliphatic rings. The smallest absolute Gasteiger partial charge is 0.258 e. The highest BCUT2D eigenvalue weighted by molar-refractivity contribution is 9.10. The van der Waals surface area contributed by atoms with E-state index >= 15 is 0 Å². The van der Waals surface area contributed by atoms with Crippen molar-refractivity contribution < 1.29 is 9.18 Å². The molecule has 0 spiro atoms. The summed E-state index contributed by atoms with van der Waals surface area (Å²) in [6, 6.07) is 9.50. The first-order valence-electron chi connectivity index (χ1n) is 5.99. The van der Waals surface area contributed by atoms with Crippen LogP contribution in [0, 0.1) is 24.1 Å². The van der Waals surface area contributed by atoms with Crippen LogP contribution in [0.15, 0.2) is 34.8 Å². The van der Waals surface area contributed by atoms with E-state index in [-0.39, 0.29) is 16.7 Å². The number of carbonyl (C=O) groups is 1. The predicted molar refractivity (Wildman–Crippen MR) is 82.4 cm³/mol. The largest absolute Gasteiger partial charge is 0.399 e. The van der Waals surface area contributed by atoms with Crippen LogP contribution in [0.25, 0.3) is 0 Å². The number of hydrogen-bond acceptors (Lipinski definition) is 3. The van der Waals surface area contributed by atoms with Crippen LogP contribution in [-0.4, -0.2) is 5.91 Å². The van der Waals surface area contributed by atoms with E-state index in [2.05, 4.69) is 21.2 Å². The fraction of sp³-hybridized carbons (Fsp3) is 0.0667. The van der Waals surface area contributed by atoms with E-state index in [4.69, 9.17) is 11.0 Å². The molecule has 0 fully saturated rings. The van der Waals surface area contributed by atoms with Crippen LogP contribution in [0.1, 0.15) is 21.5 Å². The Morgan fingerprint density at radius 1 is 1.38 bits per heavy atom. The molecule has 0 atom stereocenters. The van der Waals surface area contributed by atoms with Gasteiger partial charge >= 0.3 is 0 Å². The highest BCUT2D eigenvalue weighted by Gasteiger charge is 2.16. The van der Waals surface area contributed by atoms with Crippen molar-refractivity contribution in [3.05, 3.63) is 57.3 Å². The van der Waals surface area contributed by atoms with Crippen LogP contribution >= 0.6 is 15.9 Å². The van der Waals surface area contributed by atoms with Crippen molar-refractivity contribution in [1.82, 2.24) is 0 Å². The number of aryl methyl sites for hydroxylation is 1. The molecule has 0 saturated carbocycles. The van der Waals surface area contributed by atoms with Crippen molar-refractivity contribution in [1.29, 1.82) is 5.26 Å². The molecule has 2 aromatic rings. The summed E-state index contributed by atoms with van der Waals surface area (Å²) in [5, 5.41) is 11.6. The Morgan fingerprint density at radius 3 is 2.76 bits per heavy atom. The standard InChI is InChI=1S/C15H11BrFN3O/c1-8-4-11(19)6-12(14(8)17)15(21)20-13-3-2-10(16)5-9(13)7-18/h2-6H,19H2,1H3,(H,20,21). The number of hydrogen-bond donors (Lipinski definition) is 2. The fourth-order valence-electron chi connectivity index (χ4n) is 1.87. The van der Waals surface area contributed by atoms with E-state index in [1.165, 1.54) is 19.1 Å². The molecule has 0 bridgehead atoms. The molecule has 0 radical (unpaired) electrons. The van der Waals surface area contributed by atoms with E-state index in [1.807, 2.05) is 6.07 Å². The zero-order chi connectivity index (χ0) is 15.6. The highest BCUT2D eigenvalue weighted by atomic mass is 79.9. The molecule has 0 aliphatic carbocycles. The summed E-state index contributed by atoms with van der Waals surface area (Å²) in [6.07, 6.45) is 0. The lowest BCUT2D eigenvalue weighted by Gasteiger charge is -2.10. The number of amides is 1. The minimum Gasteiger partial charge on any atom is -0.399 e. The van der Waals surface area contributed by atoms with Crippen molar-refractivity contribution in [2.45, 2.75) is 6.92 Å². The van der Waals surface area contributed by atoms with Gasteiger partial charge < -0.3 is 11.1 Å². The third-order valence-electron chi connectivity index (χ3n) is 2.87. The topological polar surface area (TPSA) is 78.9 Å². The summed E-state index contributed by atoms with van der Waals surface area (Å²) in [6.45, 7) is 1.53. The number of anilines is 2. The lowest BCUT2D eigenvalue weighted by Crippen LogP contribution is -2.15. The van der Waals surface area contributed by atoms with E-state index in [9.17, 15) is 9.18 Å². The van der Waals surface area contributed by atoms with E-state index in [1.54, 1.807) is 18.2 Å². The zero-order valence-corrected chi connectivity index (χ0v) is 12.7. The number of carbonyl (C=O) groups excluding carboxylic acids is 1. The van der Waals surface area contributed by atoms with Gasteiger partial charge in [-0.3, -0.25) is 4.79 Å². The summed E-state index contributed by atoms with van der Waals surface area (Å²) in [5.74, 6) is -1.28. The quantitative estimate of drug-likeness (QED) is 0.814. The maximum absolute atomic E-state index is 14.0. The van der Waals surface area contributed by atoms with Gasteiger partial charge in [-0.25, -0.2) is 4.39 Å². The van der Waals surface area contributed by atoms with Gasteiger partial charge in [-0.05, 0) is 42.8 Å². The van der Waals surface area contributed by atoms with Gasteiger partial charge in [-0.2, -0.15) is 5.26 Å². The zero-order valence-electron chi connectivity index (χ0n) is 11.1. The highest BCUT2D eigenvalue weighted by Crippen LogP contribution is 2.23. The number of halogens is 2. The second-order valence-electron chi connectivity index (χ2n) is 4.46. The Kier molecular flexibility index (Phi) is 4.24. The molecule has 0 aliphatic heterocycles. The number of nitriles is 1. The van der Waals surface area contributed by atoms with Crippen LogP contribution in [0.4, 0.5) is 15.8 Å². The van der Waals surface area contributed by atoms with Crippen molar-refractivity contribution in [3.63, 3.8) is 0 Å². The van der Waals surface area contributed by atoms with E-state index in [0.717, 1.165) is 0 Å². The Morgan fingerprint density at radius 2 is 2.10 bits per heavy atom. The summed E-state index contributed by atoms with van der Waals surface area (Å²) >= 11 is 3.24. The van der Waals surface area contributed by atoms with Crippen LogP contribution in [0.2, 0.25) is 0 Å². The van der Waals surface area contributed by atoms with Gasteiger partial charge in [0, 0.05) is 10.2 Å². The minimum atomic E-state index is -0.651. The van der Waals surface area contributed by atoms with Crippen molar-refractivity contribution in [2.24, 2.45) is 0 Å². The van der Waals surface area contributed by atoms with Gasteiger partial charge in [0.15, 0.2) is 0 Å². The van der Waals surface area contributed by atoms with Gasteiger partial charge in [-0.1, -0.05) is 15.9 Å². The minimum absolute atomic E-state index is 0.153. The average Bonchev–Trinajstić information content (AvgIpc) is 2.44. The van der Waals surface area contributed by atoms with Crippen LogP contribution < -0.4 is 11.1 Å². The van der Waals surface area contributed by atoms with Crippen molar-refractivity contribution in [2.75, 3.05) is 11.1 Å². The lowest BCUT2D eigenvalue weighted by atomic mass is 10.1. The summed E-state index contributed by atoms with van der Waals surface area (Å²) < 4.78 is 14.7. The molecular formula is C15H11BrFN3O. The summed E-state index contributed by atoms with van der Waals surface area (Å²) in [7, 11) is 0. The summed E-state index contributed by atoms with van der Waals surface area (Å²) in [4.78, 5) is 12.2. The van der Waals surface area contributed by atoms with Gasteiger partial charge in [-0.15, -0.1) is 0 Å². The number of benzene rings is 2. The number of nitrogens with zero attached hydrogens (tertiary/aromatic N) is 1. The van der Waals surface area contributed by atoms with Crippen LogP contribution in [0.3, 0.4) is 0 Å². The van der Waals surface area contributed by atoms with Gasteiger partial charge in [0.25, 0.3) is 5.91 Å². The fourth-order valence-corrected chi connectivity index (χ4v) is 2.23. The van der Waals surface area contributed by atoms with Gasteiger partial charge in [0.2, 0.25) is 0 Å². The molecule has 0 aromatic heterocycles. The van der Waals surface area contributed by atoms with Crippen molar-refractivity contribution >= 4 is 33.2 Å².